The van der Waals surface area contributed by atoms with Crippen molar-refractivity contribution < 1.29 is 14.5 Å². The Morgan fingerprint density at radius 1 is 0.900 bits per heavy atom. The Bertz CT molecular complexity index is 914. The zero-order valence-electron chi connectivity index (χ0n) is 17.9. The molecule has 0 saturated heterocycles. The first-order valence-electron chi connectivity index (χ1n) is 11.1. The third-order valence-electron chi connectivity index (χ3n) is 5.58. The van der Waals surface area contributed by atoms with Crippen molar-refractivity contribution in [3.05, 3.63) is 89.5 Å². The van der Waals surface area contributed by atoms with Crippen molar-refractivity contribution in [1.29, 1.82) is 0 Å². The van der Waals surface area contributed by atoms with Crippen molar-refractivity contribution in [2.75, 3.05) is 0 Å². The Morgan fingerprint density at radius 3 is 2.30 bits per heavy atom. The number of carboxylic acid groups (broad SMARTS) is 1. The summed E-state index contributed by atoms with van der Waals surface area (Å²) in [5, 5.41) is 11.0. The van der Waals surface area contributed by atoms with Crippen molar-refractivity contribution in [1.82, 2.24) is 4.57 Å². The van der Waals surface area contributed by atoms with Crippen LogP contribution in [0.25, 0.3) is 0 Å². The van der Waals surface area contributed by atoms with Crippen LogP contribution in [0.1, 0.15) is 72.8 Å². The number of carbonyl (C=O) groups is 1. The van der Waals surface area contributed by atoms with Crippen LogP contribution in [0.3, 0.4) is 0 Å². The number of hydrogen-bond acceptors (Lipinski definition) is 2. The number of benzene rings is 2. The Hall–Kier alpha value is -2.88. The summed E-state index contributed by atoms with van der Waals surface area (Å²) in [6, 6.07) is 17.5. The highest BCUT2D eigenvalue weighted by Gasteiger charge is 2.17. The van der Waals surface area contributed by atoms with Crippen LogP contribution in [-0.2, 0) is 19.5 Å². The quantitative estimate of drug-likeness (QED) is 0.336. The van der Waals surface area contributed by atoms with Gasteiger partial charge in [-0.05, 0) is 23.1 Å². The minimum atomic E-state index is -1.13. The lowest BCUT2D eigenvalue weighted by Crippen LogP contribution is -2.38. The molecule has 0 N–H and O–H groups in total. The molecule has 0 radical (unpaired) electrons. The second-order valence-corrected chi connectivity index (χ2v) is 7.96. The molecule has 0 aliphatic heterocycles. The van der Waals surface area contributed by atoms with Crippen LogP contribution in [0.4, 0.5) is 0 Å². The number of carboxylic acids is 1. The first kappa shape index (κ1) is 21.8. The van der Waals surface area contributed by atoms with E-state index in [2.05, 4.69) is 52.7 Å². The lowest BCUT2D eigenvalue weighted by molar-refractivity contribution is -0.695. The van der Waals surface area contributed by atoms with Gasteiger partial charge in [-0.15, -0.1) is 0 Å². The molecule has 1 aromatic heterocycles. The first-order valence-corrected chi connectivity index (χ1v) is 11.1. The monoisotopic (exact) mass is 404 g/mol. The Labute approximate surface area is 179 Å². The summed E-state index contributed by atoms with van der Waals surface area (Å²) >= 11 is 0. The lowest BCUT2D eigenvalue weighted by Gasteiger charge is -2.08. The summed E-state index contributed by atoms with van der Waals surface area (Å²) in [7, 11) is 0. The number of carbonyl (C=O) groups excluding carboxylic acids is 1. The summed E-state index contributed by atoms with van der Waals surface area (Å²) in [5.74, 6) is 0.185. The van der Waals surface area contributed by atoms with Gasteiger partial charge in [-0.3, -0.25) is 0 Å². The van der Waals surface area contributed by atoms with Gasteiger partial charge in [0.05, 0.1) is 5.97 Å². The van der Waals surface area contributed by atoms with Crippen LogP contribution < -0.4 is 9.67 Å². The fraction of sp³-hybridized carbons (Fsp3) is 0.385. The van der Waals surface area contributed by atoms with E-state index in [0.717, 1.165) is 25.1 Å². The fourth-order valence-electron chi connectivity index (χ4n) is 3.86. The van der Waals surface area contributed by atoms with Gasteiger partial charge in [0.1, 0.15) is 25.5 Å². The summed E-state index contributed by atoms with van der Waals surface area (Å²) < 4.78 is 4.64. The molecule has 2 aromatic carbocycles. The topological polar surface area (TPSA) is 48.9 Å². The second kappa shape index (κ2) is 11.3. The van der Waals surface area contributed by atoms with E-state index in [4.69, 9.17) is 0 Å². The molecule has 0 aliphatic carbocycles. The van der Waals surface area contributed by atoms with E-state index < -0.39 is 5.97 Å². The van der Waals surface area contributed by atoms with Gasteiger partial charge in [0, 0.05) is 6.42 Å². The van der Waals surface area contributed by atoms with Crippen LogP contribution in [0, 0.1) is 0 Å². The molecular weight excluding hydrogens is 372 g/mol. The highest BCUT2D eigenvalue weighted by Crippen LogP contribution is 2.12. The van der Waals surface area contributed by atoms with Gasteiger partial charge < -0.3 is 9.90 Å². The van der Waals surface area contributed by atoms with Gasteiger partial charge >= 0.3 is 0 Å². The second-order valence-electron chi connectivity index (χ2n) is 7.96. The molecule has 0 spiro atoms. The zero-order chi connectivity index (χ0) is 21.2. The minimum Gasteiger partial charge on any atom is -0.545 e. The summed E-state index contributed by atoms with van der Waals surface area (Å²) in [6.07, 6.45) is 13.0. The predicted octanol–water partition coefficient (Wildman–Crippen LogP) is 4.14. The third-order valence-corrected chi connectivity index (χ3v) is 5.58. The van der Waals surface area contributed by atoms with Crippen LogP contribution in [-0.4, -0.2) is 10.5 Å². The van der Waals surface area contributed by atoms with E-state index in [1.807, 2.05) is 18.2 Å². The molecule has 0 amide bonds. The first-order chi connectivity index (χ1) is 14.7. The normalized spacial score (nSPS) is 11.0. The molecule has 0 unspecified atom stereocenters. The molecule has 30 heavy (non-hydrogen) atoms. The molecule has 3 aromatic rings. The van der Waals surface area contributed by atoms with E-state index in [-0.39, 0.29) is 5.56 Å². The molecule has 158 valence electrons. The minimum absolute atomic E-state index is 0.220. The molecule has 0 fully saturated rings. The largest absolute Gasteiger partial charge is 0.545 e. The van der Waals surface area contributed by atoms with Gasteiger partial charge in [0.2, 0.25) is 0 Å². The van der Waals surface area contributed by atoms with Crippen molar-refractivity contribution in [3.63, 3.8) is 0 Å². The number of imidazole rings is 1. The van der Waals surface area contributed by atoms with E-state index in [0.29, 0.717) is 0 Å². The molecule has 3 rings (SSSR count). The number of hydrogen-bond donors (Lipinski definition) is 0. The van der Waals surface area contributed by atoms with Crippen LogP contribution in [0.2, 0.25) is 0 Å². The van der Waals surface area contributed by atoms with E-state index in [1.54, 1.807) is 12.1 Å². The van der Waals surface area contributed by atoms with Crippen molar-refractivity contribution >= 4 is 5.97 Å². The van der Waals surface area contributed by atoms with E-state index in [9.17, 15) is 9.90 Å². The Kier molecular flexibility index (Phi) is 8.25. The maximum absolute atomic E-state index is 11.0. The summed E-state index contributed by atoms with van der Waals surface area (Å²) in [6.45, 7) is 3.85. The molecule has 0 atom stereocenters. The highest BCUT2D eigenvalue weighted by molar-refractivity contribution is 5.85. The van der Waals surface area contributed by atoms with Gasteiger partial charge in [0.15, 0.2) is 0 Å². The average molecular weight is 405 g/mol. The number of aromatic carboxylic acids is 1. The van der Waals surface area contributed by atoms with Crippen molar-refractivity contribution in [3.8, 4) is 0 Å². The van der Waals surface area contributed by atoms with Gasteiger partial charge in [-0.1, -0.05) is 93.6 Å². The molecular formula is C26H32N2O2. The smallest absolute Gasteiger partial charge is 0.256 e. The molecule has 0 bridgehead atoms. The zero-order valence-corrected chi connectivity index (χ0v) is 17.9. The van der Waals surface area contributed by atoms with Crippen LogP contribution in [0.15, 0.2) is 67.0 Å². The number of rotatable bonds is 12. The molecule has 4 heteroatoms. The van der Waals surface area contributed by atoms with Crippen LogP contribution >= 0.6 is 0 Å². The summed E-state index contributed by atoms with van der Waals surface area (Å²) in [4.78, 5) is 11.0. The van der Waals surface area contributed by atoms with Gasteiger partial charge in [0.25, 0.3) is 5.82 Å². The Balaban J connectivity index is 1.72. The van der Waals surface area contributed by atoms with E-state index >= 15 is 0 Å². The maximum Gasteiger partial charge on any atom is 0.256 e. The molecule has 4 nitrogen and oxygen atoms in total. The molecule has 0 aliphatic rings. The summed E-state index contributed by atoms with van der Waals surface area (Å²) in [5.41, 5.74) is 2.60. The fourth-order valence-corrected chi connectivity index (χ4v) is 3.86. The van der Waals surface area contributed by atoms with Crippen LogP contribution in [0.5, 0.6) is 0 Å². The number of aromatic nitrogens is 2. The Morgan fingerprint density at radius 2 is 1.60 bits per heavy atom. The predicted molar refractivity (Wildman–Crippen MR) is 117 cm³/mol. The third kappa shape index (κ3) is 6.31. The standard InChI is InChI=1S/C26H32N2O2/c1-2-3-4-5-6-10-13-25-27(20-22-11-8-7-9-12-22)18-19-28(25)21-23-14-16-24(17-15-23)26(29)30/h7-9,11-12,14-19H,2-6,10,13,20-21H2,1H3. The highest BCUT2D eigenvalue weighted by atomic mass is 16.4. The van der Waals surface area contributed by atoms with Crippen molar-refractivity contribution in [2.24, 2.45) is 0 Å². The molecule has 0 saturated carbocycles. The van der Waals surface area contributed by atoms with Gasteiger partial charge in [-0.2, -0.15) is 0 Å². The average Bonchev–Trinajstić information content (AvgIpc) is 3.12. The van der Waals surface area contributed by atoms with Gasteiger partial charge in [-0.25, -0.2) is 9.13 Å². The van der Waals surface area contributed by atoms with Crippen molar-refractivity contribution in [2.45, 2.75) is 65.0 Å². The maximum atomic E-state index is 11.0. The number of nitrogens with zero attached hydrogens (tertiary/aromatic N) is 2. The lowest BCUT2D eigenvalue weighted by atomic mass is 10.1. The number of unbranched alkanes of at least 4 members (excludes halogenated alkanes) is 5. The van der Waals surface area contributed by atoms with E-state index in [1.165, 1.54) is 49.9 Å². The molecule has 1 heterocycles. The SMILES string of the molecule is CCCCCCCCc1n(Cc2ccc(C(=O)[O-])cc2)cc[n+]1Cc1ccccc1.